The van der Waals surface area contributed by atoms with Crippen LogP contribution in [-0.4, -0.2) is 82.9 Å². The number of aromatic amines is 2. The monoisotopic (exact) mass is 744 g/mol. The number of unbranched alkanes of at least 4 members (excludes halogenated alkanes) is 8. The number of carbonyl (C=O) groups excluding carboxylic acids is 4. The van der Waals surface area contributed by atoms with Crippen molar-refractivity contribution in [1.29, 1.82) is 0 Å². The van der Waals surface area contributed by atoms with Crippen LogP contribution in [0.2, 0.25) is 0 Å². The number of aryl methyl sites for hydroxylation is 1. The maximum absolute atomic E-state index is 14.0. The predicted molar refractivity (Wildman–Crippen MR) is 204 cm³/mol. The molecule has 7 N–H and O–H groups in total. The van der Waals surface area contributed by atoms with E-state index in [0.717, 1.165) is 31.2 Å². The average Bonchev–Trinajstić information content (AvgIpc) is 3.98. The topological polar surface area (TPSA) is 212 Å². The molecule has 0 aliphatic heterocycles. The van der Waals surface area contributed by atoms with Gasteiger partial charge in [0, 0.05) is 74.9 Å². The Hall–Kier alpha value is -5.47. The second-order valence-electron chi connectivity index (χ2n) is 13.7. The zero-order valence-corrected chi connectivity index (χ0v) is 31.3. The highest BCUT2D eigenvalue weighted by molar-refractivity contribution is 5.94. The third-order valence-corrected chi connectivity index (χ3v) is 9.21. The van der Waals surface area contributed by atoms with Crippen molar-refractivity contribution in [3.05, 3.63) is 85.0 Å². The highest BCUT2D eigenvalue weighted by Gasteiger charge is 2.31. The smallest absolute Gasteiger partial charge is 0.243 e. The number of H-pyrrole nitrogens is 2. The Morgan fingerprint density at radius 2 is 1.28 bits per heavy atom. The van der Waals surface area contributed by atoms with Gasteiger partial charge in [-0.05, 0) is 30.5 Å². The summed E-state index contributed by atoms with van der Waals surface area (Å²) in [5.41, 5.74) is 1.95. The number of aromatic nitrogens is 6. The van der Waals surface area contributed by atoms with Gasteiger partial charge in [-0.25, -0.2) is 15.0 Å². The number of aromatic hydroxyl groups is 1. The maximum Gasteiger partial charge on any atom is 0.243 e. The molecule has 292 valence electrons. The number of nitrogens with zero attached hydrogens (tertiary/aromatic N) is 4. The summed E-state index contributed by atoms with van der Waals surface area (Å²) in [6, 6.07) is 3.30. The van der Waals surface area contributed by atoms with Gasteiger partial charge in [0.15, 0.2) is 0 Å². The molecule has 0 bridgehead atoms. The molecule has 4 amide bonds. The van der Waals surface area contributed by atoms with Crippen LogP contribution in [-0.2, 0) is 45.0 Å². The summed E-state index contributed by atoms with van der Waals surface area (Å²) >= 11 is 0. The molecule has 4 rings (SSSR count). The molecule has 0 aliphatic carbocycles. The summed E-state index contributed by atoms with van der Waals surface area (Å²) in [4.78, 5) is 72.6. The molecule has 15 heteroatoms. The van der Waals surface area contributed by atoms with Crippen LogP contribution in [0.15, 0.2) is 68.0 Å². The lowest BCUT2D eigenvalue weighted by molar-refractivity contribution is -0.133. The molecular weight excluding hydrogens is 688 g/mol. The van der Waals surface area contributed by atoms with Gasteiger partial charge in [-0.1, -0.05) is 70.4 Å². The Bertz CT molecular complexity index is 1640. The standard InChI is InChI=1S/C39H56N10O5/c1-2-3-4-5-6-7-8-9-10-12-36(51)46-34(22-30-24-41-26-44-30)38(53)48-35(23-31-25-42-27-45-31)39(54)47-33(21-29-13-15-32(50)16-14-29)37(52)43-17-11-19-49-20-18-40-28-49/h13-16,18,20,24-28,33-35,50H,2-12,17,19,21-23H2,1H3,(H,41,44)(H,42,45)(H,43,52)(H,46,51)(H,47,54)(H,48,53)/t33-,34-,35-/m0/s1. The number of benzene rings is 1. The summed E-state index contributed by atoms with van der Waals surface area (Å²) in [7, 11) is 0. The predicted octanol–water partition coefficient (Wildman–Crippen LogP) is 3.64. The van der Waals surface area contributed by atoms with Crippen LogP contribution < -0.4 is 21.3 Å². The van der Waals surface area contributed by atoms with E-state index >= 15 is 0 Å². The summed E-state index contributed by atoms with van der Waals surface area (Å²) in [6.07, 6.45) is 22.7. The van der Waals surface area contributed by atoms with E-state index in [2.05, 4.69) is 53.1 Å². The first kappa shape index (κ1) is 41.3. The van der Waals surface area contributed by atoms with E-state index in [9.17, 15) is 24.3 Å². The van der Waals surface area contributed by atoms with E-state index < -0.39 is 35.8 Å². The minimum absolute atomic E-state index is 0.0548. The van der Waals surface area contributed by atoms with Crippen LogP contribution in [0.4, 0.5) is 0 Å². The number of phenols is 1. The first-order chi connectivity index (χ1) is 26.3. The van der Waals surface area contributed by atoms with E-state index in [0.29, 0.717) is 30.9 Å². The minimum atomic E-state index is -1.12. The molecule has 0 unspecified atom stereocenters. The number of nitrogens with one attached hydrogen (secondary N) is 6. The number of phenolic OH excluding ortho intramolecular Hbond substituents is 1. The number of amides is 4. The van der Waals surface area contributed by atoms with E-state index in [1.807, 2.05) is 10.8 Å². The van der Waals surface area contributed by atoms with Gasteiger partial charge in [0.1, 0.15) is 23.9 Å². The normalized spacial score (nSPS) is 12.8. The number of hydrogen-bond donors (Lipinski definition) is 7. The number of hydrogen-bond acceptors (Lipinski definition) is 8. The van der Waals surface area contributed by atoms with Crippen LogP contribution in [0.25, 0.3) is 0 Å². The number of imidazole rings is 3. The lowest BCUT2D eigenvalue weighted by Gasteiger charge is -2.25. The van der Waals surface area contributed by atoms with Crippen LogP contribution >= 0.6 is 0 Å². The highest BCUT2D eigenvalue weighted by atomic mass is 16.3. The SMILES string of the molecule is CCCCCCCCCCCC(=O)N[C@@H](Cc1cnc[nH]1)C(=O)N[C@@H](Cc1cnc[nH]1)C(=O)N[C@@H](Cc1ccc(O)cc1)C(=O)NCCCn1ccnc1. The van der Waals surface area contributed by atoms with Crippen molar-refractivity contribution in [2.75, 3.05) is 6.54 Å². The van der Waals surface area contributed by atoms with Gasteiger partial charge >= 0.3 is 0 Å². The lowest BCUT2D eigenvalue weighted by Crippen LogP contribution is -2.58. The molecule has 3 heterocycles. The van der Waals surface area contributed by atoms with Gasteiger partial charge in [-0.3, -0.25) is 19.2 Å². The Labute approximate surface area is 316 Å². The molecule has 54 heavy (non-hydrogen) atoms. The fraction of sp³-hybridized carbons (Fsp3) is 0.513. The molecule has 1 aromatic carbocycles. The second-order valence-corrected chi connectivity index (χ2v) is 13.7. The molecule has 0 radical (unpaired) electrons. The molecule has 0 saturated carbocycles. The minimum Gasteiger partial charge on any atom is -0.508 e. The van der Waals surface area contributed by atoms with Crippen molar-refractivity contribution >= 4 is 23.6 Å². The molecule has 0 aliphatic rings. The van der Waals surface area contributed by atoms with Crippen LogP contribution in [0.5, 0.6) is 5.75 Å². The van der Waals surface area contributed by atoms with Crippen molar-refractivity contribution < 1.29 is 24.3 Å². The third kappa shape index (κ3) is 15.2. The molecular formula is C39H56N10O5. The summed E-state index contributed by atoms with van der Waals surface area (Å²) in [6.45, 7) is 3.22. The molecule has 15 nitrogen and oxygen atoms in total. The van der Waals surface area contributed by atoms with Crippen molar-refractivity contribution in [2.24, 2.45) is 0 Å². The lowest BCUT2D eigenvalue weighted by atomic mass is 10.0. The van der Waals surface area contributed by atoms with Gasteiger partial charge in [0.25, 0.3) is 0 Å². The van der Waals surface area contributed by atoms with Crippen molar-refractivity contribution in [1.82, 2.24) is 50.8 Å². The van der Waals surface area contributed by atoms with Crippen LogP contribution in [0.1, 0.15) is 94.5 Å². The average molecular weight is 745 g/mol. The highest BCUT2D eigenvalue weighted by Crippen LogP contribution is 2.13. The van der Waals surface area contributed by atoms with E-state index in [-0.39, 0.29) is 37.3 Å². The van der Waals surface area contributed by atoms with Gasteiger partial charge in [0.2, 0.25) is 23.6 Å². The third-order valence-electron chi connectivity index (χ3n) is 9.21. The summed E-state index contributed by atoms with van der Waals surface area (Å²) < 4.78 is 1.91. The van der Waals surface area contributed by atoms with Crippen molar-refractivity contribution in [3.63, 3.8) is 0 Å². The Kier molecular flexibility index (Phi) is 17.8. The van der Waals surface area contributed by atoms with Gasteiger partial charge in [0.05, 0.1) is 19.0 Å². The van der Waals surface area contributed by atoms with Crippen molar-refractivity contribution in [2.45, 2.75) is 121 Å². The molecule has 3 atom stereocenters. The molecule has 0 fully saturated rings. The van der Waals surface area contributed by atoms with E-state index in [4.69, 9.17) is 0 Å². The molecule has 0 saturated heterocycles. The van der Waals surface area contributed by atoms with E-state index in [1.165, 1.54) is 56.9 Å². The van der Waals surface area contributed by atoms with Gasteiger partial charge < -0.3 is 40.9 Å². The number of carbonyl (C=O) groups is 4. The maximum atomic E-state index is 14.0. The molecule has 3 aromatic heterocycles. The Morgan fingerprint density at radius 3 is 1.83 bits per heavy atom. The Morgan fingerprint density at radius 1 is 0.704 bits per heavy atom. The summed E-state index contributed by atoms with van der Waals surface area (Å²) in [5, 5.41) is 21.3. The largest absolute Gasteiger partial charge is 0.508 e. The van der Waals surface area contributed by atoms with Crippen LogP contribution in [0, 0.1) is 0 Å². The molecule has 0 spiro atoms. The van der Waals surface area contributed by atoms with Crippen LogP contribution in [0.3, 0.4) is 0 Å². The quantitative estimate of drug-likeness (QED) is 0.0471. The van der Waals surface area contributed by atoms with E-state index in [1.54, 1.807) is 37.1 Å². The Balaban J connectivity index is 1.41. The van der Waals surface area contributed by atoms with Gasteiger partial charge in [-0.15, -0.1) is 0 Å². The summed E-state index contributed by atoms with van der Waals surface area (Å²) in [5.74, 6) is -1.70. The fourth-order valence-corrected chi connectivity index (χ4v) is 6.15. The zero-order valence-electron chi connectivity index (χ0n) is 31.3. The fourth-order valence-electron chi connectivity index (χ4n) is 6.15. The zero-order chi connectivity index (χ0) is 38.4. The first-order valence-electron chi connectivity index (χ1n) is 19.2. The first-order valence-corrected chi connectivity index (χ1v) is 19.2. The number of rotatable bonds is 26. The van der Waals surface area contributed by atoms with Crippen molar-refractivity contribution in [3.8, 4) is 5.75 Å². The van der Waals surface area contributed by atoms with Gasteiger partial charge in [-0.2, -0.15) is 0 Å². The molecule has 4 aromatic rings. The second kappa shape index (κ2) is 23.2.